The van der Waals surface area contributed by atoms with Crippen molar-refractivity contribution in [2.24, 2.45) is 0 Å². The van der Waals surface area contributed by atoms with Crippen molar-refractivity contribution in [1.82, 2.24) is 19.9 Å². The smallest absolute Gasteiger partial charge is 0.307 e. The van der Waals surface area contributed by atoms with Crippen molar-refractivity contribution in [2.45, 2.75) is 27.2 Å². The van der Waals surface area contributed by atoms with E-state index in [2.05, 4.69) is 19.9 Å². The lowest BCUT2D eigenvalue weighted by atomic mass is 10.1. The normalized spacial score (nSPS) is 10.5. The average Bonchev–Trinajstić information content (AvgIpc) is 2.33. The lowest BCUT2D eigenvalue weighted by molar-refractivity contribution is -0.136. The summed E-state index contributed by atoms with van der Waals surface area (Å²) in [6.45, 7) is 5.36. The molecule has 98 valence electrons. The Morgan fingerprint density at radius 1 is 1.16 bits per heavy atom. The maximum absolute atomic E-state index is 10.8. The predicted molar refractivity (Wildman–Crippen MR) is 68.6 cm³/mol. The van der Waals surface area contributed by atoms with Crippen molar-refractivity contribution in [3.05, 3.63) is 35.0 Å². The molecule has 2 aromatic heterocycles. The van der Waals surface area contributed by atoms with Crippen LogP contribution in [0.3, 0.4) is 0 Å². The zero-order chi connectivity index (χ0) is 14.0. The first-order valence-electron chi connectivity index (χ1n) is 5.83. The van der Waals surface area contributed by atoms with E-state index in [1.807, 2.05) is 0 Å². The number of aliphatic carboxylic acids is 1. The monoisotopic (exact) mass is 258 g/mol. The molecule has 2 rings (SSSR count). The summed E-state index contributed by atoms with van der Waals surface area (Å²) in [5.74, 6) is 0.251. The van der Waals surface area contributed by atoms with Crippen LogP contribution in [-0.4, -0.2) is 31.0 Å². The van der Waals surface area contributed by atoms with Crippen molar-refractivity contribution < 1.29 is 9.90 Å². The Morgan fingerprint density at radius 3 is 2.32 bits per heavy atom. The third kappa shape index (κ3) is 2.90. The van der Waals surface area contributed by atoms with Crippen LogP contribution in [0.25, 0.3) is 11.5 Å². The third-order valence-corrected chi connectivity index (χ3v) is 2.75. The van der Waals surface area contributed by atoms with Gasteiger partial charge in [0.25, 0.3) is 0 Å². The van der Waals surface area contributed by atoms with E-state index in [-0.39, 0.29) is 6.42 Å². The summed E-state index contributed by atoms with van der Waals surface area (Å²) in [4.78, 5) is 27.8. The second-order valence-corrected chi connectivity index (χ2v) is 4.26. The van der Waals surface area contributed by atoms with Crippen LogP contribution in [0.4, 0.5) is 0 Å². The van der Waals surface area contributed by atoms with Crippen molar-refractivity contribution in [3.8, 4) is 11.5 Å². The summed E-state index contributed by atoms with van der Waals surface area (Å²) in [5.41, 5.74) is 2.63. The minimum atomic E-state index is -0.888. The molecule has 6 nitrogen and oxygen atoms in total. The van der Waals surface area contributed by atoms with E-state index in [1.165, 1.54) is 0 Å². The van der Waals surface area contributed by atoms with Gasteiger partial charge in [-0.2, -0.15) is 0 Å². The van der Waals surface area contributed by atoms with Crippen molar-refractivity contribution >= 4 is 5.97 Å². The molecular weight excluding hydrogens is 244 g/mol. The van der Waals surface area contributed by atoms with Gasteiger partial charge in [0.1, 0.15) is 11.5 Å². The molecule has 19 heavy (non-hydrogen) atoms. The van der Waals surface area contributed by atoms with Gasteiger partial charge in [0.05, 0.1) is 6.42 Å². The summed E-state index contributed by atoms with van der Waals surface area (Å²) in [6, 6.07) is 1.73. The van der Waals surface area contributed by atoms with Gasteiger partial charge >= 0.3 is 5.97 Å². The number of rotatable bonds is 3. The fraction of sp³-hybridized carbons (Fsp3) is 0.308. The topological polar surface area (TPSA) is 88.9 Å². The molecule has 0 amide bonds. The van der Waals surface area contributed by atoms with Gasteiger partial charge in [0, 0.05) is 23.1 Å². The molecule has 2 heterocycles. The summed E-state index contributed by atoms with van der Waals surface area (Å²) >= 11 is 0. The number of aryl methyl sites for hydroxylation is 3. The van der Waals surface area contributed by atoms with Gasteiger partial charge < -0.3 is 5.11 Å². The molecule has 0 saturated heterocycles. The van der Waals surface area contributed by atoms with E-state index in [9.17, 15) is 4.79 Å². The minimum absolute atomic E-state index is 0.0687. The van der Waals surface area contributed by atoms with Crippen molar-refractivity contribution in [1.29, 1.82) is 0 Å². The molecule has 0 aliphatic heterocycles. The van der Waals surface area contributed by atoms with E-state index in [0.717, 1.165) is 0 Å². The Bertz CT molecular complexity index is 617. The number of hydrogen-bond acceptors (Lipinski definition) is 5. The fourth-order valence-electron chi connectivity index (χ4n) is 1.84. The van der Waals surface area contributed by atoms with Crippen molar-refractivity contribution in [2.75, 3.05) is 0 Å². The number of hydrogen-bond donors (Lipinski definition) is 1. The van der Waals surface area contributed by atoms with Gasteiger partial charge in [-0.25, -0.2) is 19.9 Å². The highest BCUT2D eigenvalue weighted by atomic mass is 16.4. The standard InChI is InChI=1S/C13H14N4O2/c1-7-10(6-12(18)19)8(2)16-13(15-7)11-4-5-14-9(3)17-11/h4-5H,6H2,1-3H3,(H,18,19). The second kappa shape index (κ2) is 5.09. The summed E-state index contributed by atoms with van der Waals surface area (Å²) in [6.07, 6.45) is 1.58. The highest BCUT2D eigenvalue weighted by Gasteiger charge is 2.13. The minimum Gasteiger partial charge on any atom is -0.481 e. The summed E-state index contributed by atoms with van der Waals surface area (Å²) in [7, 11) is 0. The van der Waals surface area contributed by atoms with Gasteiger partial charge in [-0.3, -0.25) is 4.79 Å². The highest BCUT2D eigenvalue weighted by Crippen LogP contribution is 2.17. The van der Waals surface area contributed by atoms with E-state index in [1.54, 1.807) is 33.0 Å². The molecule has 0 bridgehead atoms. The van der Waals surface area contributed by atoms with Gasteiger partial charge in [-0.15, -0.1) is 0 Å². The van der Waals surface area contributed by atoms with E-state index < -0.39 is 5.97 Å². The van der Waals surface area contributed by atoms with Gasteiger partial charge in [0.15, 0.2) is 5.82 Å². The zero-order valence-corrected chi connectivity index (χ0v) is 11.0. The lowest BCUT2D eigenvalue weighted by Gasteiger charge is -2.09. The maximum atomic E-state index is 10.8. The average molecular weight is 258 g/mol. The number of carboxylic acids is 1. The third-order valence-electron chi connectivity index (χ3n) is 2.75. The largest absolute Gasteiger partial charge is 0.481 e. The van der Waals surface area contributed by atoms with Crippen LogP contribution >= 0.6 is 0 Å². The Labute approximate surface area is 110 Å². The summed E-state index contributed by atoms with van der Waals surface area (Å²) in [5, 5.41) is 8.86. The van der Waals surface area contributed by atoms with Gasteiger partial charge in [0.2, 0.25) is 0 Å². The molecule has 0 aliphatic rings. The van der Waals surface area contributed by atoms with E-state index in [0.29, 0.717) is 34.3 Å². The Hall–Kier alpha value is -2.37. The Morgan fingerprint density at radius 2 is 1.79 bits per heavy atom. The van der Waals surface area contributed by atoms with Crippen LogP contribution in [0, 0.1) is 20.8 Å². The highest BCUT2D eigenvalue weighted by molar-refractivity contribution is 5.71. The molecule has 0 atom stereocenters. The zero-order valence-electron chi connectivity index (χ0n) is 11.0. The number of aromatic nitrogens is 4. The van der Waals surface area contributed by atoms with E-state index in [4.69, 9.17) is 5.11 Å². The quantitative estimate of drug-likeness (QED) is 0.897. The van der Waals surface area contributed by atoms with Crippen LogP contribution in [-0.2, 0) is 11.2 Å². The summed E-state index contributed by atoms with van der Waals surface area (Å²) < 4.78 is 0. The molecule has 0 aromatic carbocycles. The van der Waals surface area contributed by atoms with Crippen LogP contribution in [0.2, 0.25) is 0 Å². The molecule has 0 saturated carbocycles. The van der Waals surface area contributed by atoms with E-state index >= 15 is 0 Å². The van der Waals surface area contributed by atoms with Crippen LogP contribution in [0.15, 0.2) is 12.3 Å². The first kappa shape index (κ1) is 13.1. The van der Waals surface area contributed by atoms with Crippen molar-refractivity contribution in [3.63, 3.8) is 0 Å². The Balaban J connectivity index is 2.48. The molecule has 0 unspecified atom stereocenters. The number of nitrogens with zero attached hydrogens (tertiary/aromatic N) is 4. The fourth-order valence-corrected chi connectivity index (χ4v) is 1.84. The molecular formula is C13H14N4O2. The molecule has 0 fully saturated rings. The Kier molecular flexibility index (Phi) is 3.50. The van der Waals surface area contributed by atoms with Gasteiger partial charge in [-0.05, 0) is 26.8 Å². The van der Waals surface area contributed by atoms with Crippen LogP contribution in [0.5, 0.6) is 0 Å². The lowest BCUT2D eigenvalue weighted by Crippen LogP contribution is -2.09. The second-order valence-electron chi connectivity index (χ2n) is 4.26. The SMILES string of the molecule is Cc1nccc(-c2nc(C)c(CC(=O)O)c(C)n2)n1. The maximum Gasteiger partial charge on any atom is 0.307 e. The molecule has 2 aromatic rings. The molecule has 6 heteroatoms. The predicted octanol–water partition coefficient (Wildman–Crippen LogP) is 1.49. The molecule has 0 aliphatic carbocycles. The molecule has 0 spiro atoms. The number of carbonyl (C=O) groups is 1. The molecule has 1 N–H and O–H groups in total. The first-order chi connectivity index (χ1) is 8.97. The van der Waals surface area contributed by atoms with Gasteiger partial charge in [-0.1, -0.05) is 0 Å². The van der Waals surface area contributed by atoms with Crippen LogP contribution in [0.1, 0.15) is 22.8 Å². The number of carboxylic acid groups (broad SMARTS) is 1. The first-order valence-corrected chi connectivity index (χ1v) is 5.83. The molecule has 0 radical (unpaired) electrons. The van der Waals surface area contributed by atoms with Crippen LogP contribution < -0.4 is 0 Å².